The quantitative estimate of drug-likeness (QED) is 0.499. The molecule has 0 amide bonds. The lowest BCUT2D eigenvalue weighted by Gasteiger charge is -2.11. The van der Waals surface area contributed by atoms with E-state index in [1.807, 2.05) is 0 Å². The van der Waals surface area contributed by atoms with Gasteiger partial charge in [-0.05, 0) is 17.7 Å². The number of hydrogen-bond acceptors (Lipinski definition) is 5. The number of nitrogens with one attached hydrogen (secondary N) is 1. The van der Waals surface area contributed by atoms with Crippen LogP contribution in [0.2, 0.25) is 0 Å². The predicted octanol–water partition coefficient (Wildman–Crippen LogP) is 1.06. The average molecular weight is 286 g/mol. The Balaban J connectivity index is 2.14. The summed E-state index contributed by atoms with van der Waals surface area (Å²) in [6, 6.07) is 5.00. The van der Waals surface area contributed by atoms with E-state index in [0.717, 1.165) is 12.1 Å². The molecule has 0 spiro atoms. The number of hydrazine groups is 1. The molecule has 0 aromatic heterocycles. The Kier molecular flexibility index (Phi) is 3.49. The molecule has 0 fully saturated rings. The molecule has 5 nitrogen and oxygen atoms in total. The molecule has 0 unspecified atom stereocenters. The van der Waals surface area contributed by atoms with E-state index >= 15 is 0 Å². The molecule has 2 aromatic carbocycles. The van der Waals surface area contributed by atoms with E-state index in [0.29, 0.717) is 5.56 Å². The number of ether oxygens (including phenoxy) is 1. The van der Waals surface area contributed by atoms with Crippen molar-refractivity contribution >= 4 is 5.69 Å². The molecule has 20 heavy (non-hydrogen) atoms. The van der Waals surface area contributed by atoms with Gasteiger partial charge in [0.25, 0.3) is 5.43 Å². The van der Waals surface area contributed by atoms with Gasteiger partial charge in [0, 0.05) is 12.0 Å². The molecule has 8 heteroatoms. The van der Waals surface area contributed by atoms with Crippen LogP contribution in [0.25, 0.3) is 0 Å². The van der Waals surface area contributed by atoms with Gasteiger partial charge in [-0.15, -0.1) is 13.2 Å². The first-order valence-electron chi connectivity index (χ1n) is 5.45. The SMILES string of the molecule is NNc1c(Cc2ccc(OC(F)(F)F)cc2)c(=O)c1=O. The molecule has 3 N–H and O–H groups in total. The number of nitrogen functional groups attached to an aromatic ring is 1. The van der Waals surface area contributed by atoms with Crippen LogP contribution in [0.4, 0.5) is 18.9 Å². The minimum Gasteiger partial charge on any atom is -0.406 e. The third-order valence-electron chi connectivity index (χ3n) is 2.69. The molecule has 2 aromatic rings. The normalized spacial score (nSPS) is 11.6. The zero-order valence-electron chi connectivity index (χ0n) is 9.95. The minimum atomic E-state index is -4.75. The summed E-state index contributed by atoms with van der Waals surface area (Å²) in [4.78, 5) is 22.4. The van der Waals surface area contributed by atoms with E-state index < -0.39 is 17.2 Å². The van der Waals surface area contributed by atoms with Gasteiger partial charge in [-0.1, -0.05) is 12.1 Å². The number of rotatable bonds is 4. The van der Waals surface area contributed by atoms with Crippen LogP contribution in [0, 0.1) is 0 Å². The first-order valence-corrected chi connectivity index (χ1v) is 5.45. The van der Waals surface area contributed by atoms with E-state index in [2.05, 4.69) is 10.2 Å². The summed E-state index contributed by atoms with van der Waals surface area (Å²) in [7, 11) is 0. The van der Waals surface area contributed by atoms with Crippen LogP contribution in [-0.2, 0) is 6.42 Å². The topological polar surface area (TPSA) is 81.4 Å². The summed E-state index contributed by atoms with van der Waals surface area (Å²) in [5.74, 6) is 4.74. The smallest absolute Gasteiger partial charge is 0.406 e. The fraction of sp³-hybridized carbons (Fsp3) is 0.167. The molecule has 0 aliphatic rings. The van der Waals surface area contributed by atoms with Crippen molar-refractivity contribution in [2.45, 2.75) is 12.8 Å². The summed E-state index contributed by atoms with van der Waals surface area (Å²) in [5.41, 5.74) is 1.59. The molecule has 0 saturated heterocycles. The Labute approximate surface area is 110 Å². The Morgan fingerprint density at radius 2 is 1.70 bits per heavy atom. The van der Waals surface area contributed by atoms with Gasteiger partial charge >= 0.3 is 6.36 Å². The van der Waals surface area contributed by atoms with Crippen molar-refractivity contribution in [3.8, 4) is 5.75 Å². The predicted molar refractivity (Wildman–Crippen MR) is 65.1 cm³/mol. The van der Waals surface area contributed by atoms with Gasteiger partial charge in [-0.3, -0.25) is 15.4 Å². The number of hydrogen-bond donors (Lipinski definition) is 2. The lowest BCUT2D eigenvalue weighted by atomic mass is 9.99. The average Bonchev–Trinajstić information content (AvgIpc) is 2.38. The minimum absolute atomic E-state index is 0.0330. The highest BCUT2D eigenvalue weighted by Gasteiger charge is 2.31. The molecule has 0 heterocycles. The number of halogens is 3. The lowest BCUT2D eigenvalue weighted by molar-refractivity contribution is -0.274. The van der Waals surface area contributed by atoms with Crippen LogP contribution >= 0.6 is 0 Å². The maximum Gasteiger partial charge on any atom is 0.573 e. The fourth-order valence-electron chi connectivity index (χ4n) is 1.77. The second-order valence-corrected chi connectivity index (χ2v) is 4.02. The van der Waals surface area contributed by atoms with E-state index in [-0.39, 0.29) is 23.4 Å². The molecule has 0 saturated carbocycles. The van der Waals surface area contributed by atoms with Crippen molar-refractivity contribution in [3.63, 3.8) is 0 Å². The monoisotopic (exact) mass is 286 g/mol. The van der Waals surface area contributed by atoms with Crippen molar-refractivity contribution < 1.29 is 17.9 Å². The van der Waals surface area contributed by atoms with E-state index in [4.69, 9.17) is 5.84 Å². The van der Waals surface area contributed by atoms with Gasteiger partial charge in [-0.25, -0.2) is 0 Å². The summed E-state index contributed by atoms with van der Waals surface area (Å²) >= 11 is 0. The Morgan fingerprint density at radius 1 is 1.10 bits per heavy atom. The van der Waals surface area contributed by atoms with Crippen LogP contribution in [0.3, 0.4) is 0 Å². The molecular formula is C12H9F3N2O3. The van der Waals surface area contributed by atoms with Gasteiger partial charge in [0.2, 0.25) is 5.43 Å². The molecule has 0 bridgehead atoms. The van der Waals surface area contributed by atoms with E-state index in [9.17, 15) is 22.8 Å². The second-order valence-electron chi connectivity index (χ2n) is 4.02. The number of benzene rings is 1. The molecule has 0 radical (unpaired) electrons. The van der Waals surface area contributed by atoms with E-state index in [1.54, 1.807) is 0 Å². The van der Waals surface area contributed by atoms with Gasteiger partial charge in [0.1, 0.15) is 11.4 Å². The molecule has 2 rings (SSSR count). The lowest BCUT2D eigenvalue weighted by Crippen LogP contribution is -2.40. The zero-order valence-corrected chi connectivity index (χ0v) is 9.95. The second kappa shape index (κ2) is 4.97. The number of nitrogens with two attached hydrogens (primary N) is 1. The van der Waals surface area contributed by atoms with Gasteiger partial charge in [-0.2, -0.15) is 0 Å². The third kappa shape index (κ3) is 2.80. The first kappa shape index (κ1) is 14.1. The van der Waals surface area contributed by atoms with Crippen molar-refractivity contribution in [1.29, 1.82) is 0 Å². The van der Waals surface area contributed by atoms with Crippen molar-refractivity contribution in [2.75, 3.05) is 5.43 Å². The van der Waals surface area contributed by atoms with Gasteiger partial charge < -0.3 is 10.2 Å². The van der Waals surface area contributed by atoms with Gasteiger partial charge in [0.05, 0.1) is 0 Å². The zero-order chi connectivity index (χ0) is 14.9. The van der Waals surface area contributed by atoms with Crippen molar-refractivity contribution in [2.24, 2.45) is 5.84 Å². The largest absolute Gasteiger partial charge is 0.573 e. The summed E-state index contributed by atoms with van der Waals surface area (Å²) < 4.78 is 39.6. The maximum absolute atomic E-state index is 12.0. The molecule has 0 aliphatic heterocycles. The fourth-order valence-corrected chi connectivity index (χ4v) is 1.77. The highest BCUT2D eigenvalue weighted by Crippen LogP contribution is 2.23. The third-order valence-corrected chi connectivity index (χ3v) is 2.69. The summed E-state index contributed by atoms with van der Waals surface area (Å²) in [6.45, 7) is 0. The van der Waals surface area contributed by atoms with Crippen LogP contribution in [0.5, 0.6) is 5.75 Å². The Hall–Kier alpha value is -2.35. The van der Waals surface area contributed by atoms with Crippen LogP contribution in [0.1, 0.15) is 11.1 Å². The molecule has 0 aliphatic carbocycles. The van der Waals surface area contributed by atoms with E-state index in [1.165, 1.54) is 12.1 Å². The first-order chi connectivity index (χ1) is 9.31. The van der Waals surface area contributed by atoms with Crippen molar-refractivity contribution in [3.05, 3.63) is 55.8 Å². The van der Waals surface area contributed by atoms with Crippen molar-refractivity contribution in [1.82, 2.24) is 0 Å². The summed E-state index contributed by atoms with van der Waals surface area (Å²) in [6.07, 6.45) is -4.65. The maximum atomic E-state index is 12.0. The Morgan fingerprint density at radius 3 is 2.20 bits per heavy atom. The van der Waals surface area contributed by atoms with Crippen LogP contribution in [0.15, 0.2) is 33.9 Å². The molecular weight excluding hydrogens is 277 g/mol. The van der Waals surface area contributed by atoms with Crippen LogP contribution in [-0.4, -0.2) is 6.36 Å². The summed E-state index contributed by atoms with van der Waals surface area (Å²) in [5, 5.41) is 0. The van der Waals surface area contributed by atoms with Crippen LogP contribution < -0.4 is 26.9 Å². The Bertz CT molecular complexity index is 685. The standard InChI is InChI=1S/C12H9F3N2O3/c13-12(14,15)20-7-3-1-6(2-4-7)5-8-9(17-16)11(19)10(8)18/h1-4,17H,5,16H2. The highest BCUT2D eigenvalue weighted by molar-refractivity contribution is 5.57. The molecule has 106 valence electrons. The molecule has 0 atom stereocenters. The highest BCUT2D eigenvalue weighted by atomic mass is 19.4. The number of anilines is 1. The van der Waals surface area contributed by atoms with Gasteiger partial charge in [0.15, 0.2) is 0 Å². The number of alkyl halides is 3.